The average Bonchev–Trinajstić information content (AvgIpc) is 2.47. The average molecular weight is 409 g/mol. The highest BCUT2D eigenvalue weighted by Gasteiger charge is 2.21. The third-order valence-corrected chi connectivity index (χ3v) is 7.39. The molecule has 0 saturated carbocycles. The van der Waals surface area contributed by atoms with Crippen LogP contribution in [-0.2, 0) is 0 Å². The molecule has 0 radical (unpaired) electrons. The minimum absolute atomic E-state index is 0.956. The van der Waals surface area contributed by atoms with Gasteiger partial charge in [0.25, 0.3) is 0 Å². The van der Waals surface area contributed by atoms with E-state index in [4.69, 9.17) is 48.9 Å². The Bertz CT molecular complexity index is 390. The number of hydrogen-bond acceptors (Lipinski definition) is 6. The van der Waals surface area contributed by atoms with Gasteiger partial charge in [0.1, 0.15) is 8.64 Å². The number of nitrogens with zero attached hydrogens (tertiary/aromatic N) is 2. The molecule has 0 unspecified atom stereocenters. The van der Waals surface area contributed by atoms with Crippen LogP contribution in [0.15, 0.2) is 0 Å². The van der Waals surface area contributed by atoms with Gasteiger partial charge in [0, 0.05) is 37.4 Å². The van der Waals surface area contributed by atoms with E-state index in [1.807, 2.05) is 0 Å². The molecule has 2 aliphatic heterocycles. The van der Waals surface area contributed by atoms with Gasteiger partial charge in [0.15, 0.2) is 0 Å². The molecule has 2 saturated heterocycles. The summed E-state index contributed by atoms with van der Waals surface area (Å²) >= 11 is 25.1. The Kier molecular flexibility index (Phi) is 8.49. The van der Waals surface area contributed by atoms with E-state index < -0.39 is 0 Å². The first-order valence-electron chi connectivity index (χ1n) is 7.54. The van der Waals surface area contributed by atoms with Gasteiger partial charge in [-0.3, -0.25) is 0 Å². The molecule has 122 valence electrons. The van der Waals surface area contributed by atoms with Gasteiger partial charge in [-0.2, -0.15) is 0 Å². The van der Waals surface area contributed by atoms with E-state index in [2.05, 4.69) is 9.80 Å². The minimum Gasteiger partial charge on any atom is -0.322 e. The molecule has 0 aromatic heterocycles. The van der Waals surface area contributed by atoms with E-state index >= 15 is 0 Å². The van der Waals surface area contributed by atoms with Crippen LogP contribution in [0.4, 0.5) is 0 Å². The molecule has 0 aromatic carbocycles. The Hall–Kier alpha value is 0.660. The number of hydrogen-bond donors (Lipinski definition) is 0. The summed E-state index contributed by atoms with van der Waals surface area (Å²) in [7, 11) is 0. The van der Waals surface area contributed by atoms with Crippen molar-refractivity contribution < 1.29 is 0 Å². The molecule has 2 rings (SSSR count). The Morgan fingerprint density at radius 2 is 1.09 bits per heavy atom. The molecule has 0 amide bonds. The van der Waals surface area contributed by atoms with Crippen molar-refractivity contribution in [3.8, 4) is 0 Å². The van der Waals surface area contributed by atoms with E-state index in [0.717, 1.165) is 68.9 Å². The van der Waals surface area contributed by atoms with Gasteiger partial charge >= 0.3 is 0 Å². The second kappa shape index (κ2) is 9.84. The molecule has 2 nitrogen and oxygen atoms in total. The minimum atomic E-state index is 0.956. The number of thiocarbonyl (C=S) groups is 4. The van der Waals surface area contributed by atoms with Gasteiger partial charge < -0.3 is 9.80 Å². The predicted molar refractivity (Wildman–Crippen MR) is 116 cm³/mol. The molecule has 0 atom stereocenters. The van der Waals surface area contributed by atoms with Gasteiger partial charge in [-0.25, -0.2) is 0 Å². The number of unbranched alkanes of at least 4 members (excludes halogenated alkanes) is 3. The highest BCUT2D eigenvalue weighted by atomic mass is 32.2. The van der Waals surface area contributed by atoms with E-state index in [9.17, 15) is 0 Å². The summed E-state index contributed by atoms with van der Waals surface area (Å²) in [5.74, 6) is 2.09. The first-order chi connectivity index (χ1) is 10.6. The normalized spacial score (nSPS) is 20.0. The van der Waals surface area contributed by atoms with E-state index in [-0.39, 0.29) is 0 Å². The zero-order valence-electron chi connectivity index (χ0n) is 12.4. The Balaban J connectivity index is 1.59. The molecular formula is C14H20N2S6. The highest BCUT2D eigenvalue weighted by molar-refractivity contribution is 8.23. The summed E-state index contributed by atoms with van der Waals surface area (Å²) in [6.45, 7) is 1.95. The SMILES string of the molecule is S=C1CCSC(=S)N1CCCCCCN1C(=S)CCSC1=S. The standard InChI is InChI=1S/C14H20N2S6/c17-11-5-9-21-13(19)15(11)7-3-1-2-4-8-16-12(18)6-10-22-14(16)20/h1-10H2. The fraction of sp³-hybridized carbons (Fsp3) is 0.714. The van der Waals surface area contributed by atoms with Crippen molar-refractivity contribution in [3.63, 3.8) is 0 Å². The topological polar surface area (TPSA) is 6.48 Å². The van der Waals surface area contributed by atoms with Gasteiger partial charge in [-0.1, -0.05) is 85.2 Å². The fourth-order valence-electron chi connectivity index (χ4n) is 2.41. The van der Waals surface area contributed by atoms with Crippen LogP contribution < -0.4 is 0 Å². The van der Waals surface area contributed by atoms with Gasteiger partial charge in [0.2, 0.25) is 0 Å². The summed E-state index contributed by atoms with van der Waals surface area (Å²) in [6, 6.07) is 0. The van der Waals surface area contributed by atoms with Crippen LogP contribution in [0.5, 0.6) is 0 Å². The first-order valence-corrected chi connectivity index (χ1v) is 11.1. The van der Waals surface area contributed by atoms with Crippen molar-refractivity contribution in [2.75, 3.05) is 24.6 Å². The van der Waals surface area contributed by atoms with Crippen molar-refractivity contribution >= 4 is 91.0 Å². The van der Waals surface area contributed by atoms with E-state index in [0.29, 0.717) is 0 Å². The fourth-order valence-corrected chi connectivity index (χ4v) is 6.02. The monoisotopic (exact) mass is 408 g/mol. The summed E-state index contributed by atoms with van der Waals surface area (Å²) in [5, 5.41) is 0. The van der Waals surface area contributed by atoms with Gasteiger partial charge in [0.05, 0.1) is 9.98 Å². The first kappa shape index (κ1) is 19.0. The molecule has 0 N–H and O–H groups in total. The molecule has 8 heteroatoms. The highest BCUT2D eigenvalue weighted by Crippen LogP contribution is 2.22. The van der Waals surface area contributed by atoms with Crippen molar-refractivity contribution in [2.24, 2.45) is 0 Å². The summed E-state index contributed by atoms with van der Waals surface area (Å²) < 4.78 is 1.91. The molecule has 0 spiro atoms. The third kappa shape index (κ3) is 5.63. The lowest BCUT2D eigenvalue weighted by Gasteiger charge is -2.30. The summed E-state index contributed by atoms with van der Waals surface area (Å²) in [6.07, 6.45) is 6.66. The molecule has 2 heterocycles. The molecule has 0 aliphatic carbocycles. The zero-order valence-corrected chi connectivity index (χ0v) is 17.3. The van der Waals surface area contributed by atoms with Crippen LogP contribution in [0.25, 0.3) is 0 Å². The Labute approximate surface area is 163 Å². The maximum Gasteiger partial charge on any atom is 0.141 e. The van der Waals surface area contributed by atoms with Crippen LogP contribution in [0.3, 0.4) is 0 Å². The lowest BCUT2D eigenvalue weighted by atomic mass is 10.2. The Morgan fingerprint density at radius 1 is 0.682 bits per heavy atom. The molecule has 0 bridgehead atoms. The van der Waals surface area contributed by atoms with Crippen molar-refractivity contribution in [2.45, 2.75) is 38.5 Å². The second-order valence-corrected chi connectivity index (χ2v) is 9.63. The Morgan fingerprint density at radius 3 is 1.45 bits per heavy atom. The second-order valence-electron chi connectivity index (χ2n) is 5.23. The van der Waals surface area contributed by atoms with E-state index in [1.54, 1.807) is 23.5 Å². The molecule has 2 aliphatic rings. The van der Waals surface area contributed by atoms with E-state index in [1.165, 1.54) is 12.8 Å². The van der Waals surface area contributed by atoms with Crippen LogP contribution in [-0.4, -0.2) is 53.0 Å². The van der Waals surface area contributed by atoms with Crippen molar-refractivity contribution in [1.82, 2.24) is 9.80 Å². The van der Waals surface area contributed by atoms with Crippen LogP contribution >= 0.6 is 72.4 Å². The maximum absolute atomic E-state index is 5.40. The largest absolute Gasteiger partial charge is 0.322 e. The molecule has 0 aromatic rings. The molecule has 2 fully saturated rings. The molecular weight excluding hydrogens is 389 g/mol. The zero-order chi connectivity index (χ0) is 15.9. The quantitative estimate of drug-likeness (QED) is 0.438. The lowest BCUT2D eigenvalue weighted by Crippen LogP contribution is -2.37. The summed E-state index contributed by atoms with van der Waals surface area (Å²) in [5.41, 5.74) is 0. The maximum atomic E-state index is 5.40. The number of thioether (sulfide) groups is 2. The molecule has 22 heavy (non-hydrogen) atoms. The third-order valence-electron chi connectivity index (χ3n) is 3.64. The van der Waals surface area contributed by atoms with Crippen molar-refractivity contribution in [3.05, 3.63) is 0 Å². The van der Waals surface area contributed by atoms with Crippen LogP contribution in [0, 0.1) is 0 Å². The van der Waals surface area contributed by atoms with Crippen molar-refractivity contribution in [1.29, 1.82) is 0 Å². The van der Waals surface area contributed by atoms with Gasteiger partial charge in [-0.05, 0) is 12.8 Å². The van der Waals surface area contributed by atoms with Crippen LogP contribution in [0.1, 0.15) is 38.5 Å². The predicted octanol–water partition coefficient (Wildman–Crippen LogP) is 4.65. The van der Waals surface area contributed by atoms with Crippen LogP contribution in [0.2, 0.25) is 0 Å². The number of rotatable bonds is 7. The lowest BCUT2D eigenvalue weighted by molar-refractivity contribution is 0.514. The van der Waals surface area contributed by atoms with Gasteiger partial charge in [-0.15, -0.1) is 0 Å². The smallest absolute Gasteiger partial charge is 0.141 e. The summed E-state index contributed by atoms with van der Waals surface area (Å²) in [4.78, 5) is 6.32.